The largest absolute Gasteiger partial charge is 0.496 e. The van der Waals surface area contributed by atoms with Gasteiger partial charge in [0.05, 0.1) is 12.5 Å². The quantitative estimate of drug-likeness (QED) is 0.802. The molecule has 0 aliphatic heterocycles. The molecule has 1 aromatic carbocycles. The van der Waals surface area contributed by atoms with E-state index in [1.165, 1.54) is 0 Å². The number of nitrogens with two attached hydrogens (primary N) is 1. The van der Waals surface area contributed by atoms with E-state index in [9.17, 15) is 9.90 Å². The van der Waals surface area contributed by atoms with Crippen LogP contribution >= 0.6 is 0 Å². The molecule has 0 heterocycles. The van der Waals surface area contributed by atoms with E-state index in [4.69, 9.17) is 10.5 Å². The van der Waals surface area contributed by atoms with Crippen molar-refractivity contribution in [3.63, 3.8) is 0 Å². The Kier molecular flexibility index (Phi) is 2.59. The summed E-state index contributed by atoms with van der Waals surface area (Å²) in [5.41, 5.74) is 5.59. The zero-order valence-corrected chi connectivity index (χ0v) is 9.14. The van der Waals surface area contributed by atoms with Gasteiger partial charge in [-0.2, -0.15) is 0 Å². The topological polar surface area (TPSA) is 72.5 Å². The second kappa shape index (κ2) is 3.79. The minimum absolute atomic E-state index is 0.0268. The van der Waals surface area contributed by atoms with Gasteiger partial charge in [0.15, 0.2) is 0 Å². The monoisotopic (exact) mass is 221 g/mol. The molecular weight excluding hydrogens is 206 g/mol. The number of hydrogen-bond donors (Lipinski definition) is 2. The fourth-order valence-electron chi connectivity index (χ4n) is 2.39. The van der Waals surface area contributed by atoms with E-state index in [2.05, 4.69) is 0 Å². The van der Waals surface area contributed by atoms with Gasteiger partial charge in [0.1, 0.15) is 5.75 Å². The number of hydrogen-bond acceptors (Lipinski definition) is 3. The summed E-state index contributed by atoms with van der Waals surface area (Å²) in [6.45, 7) is 0. The second-order valence-corrected chi connectivity index (χ2v) is 4.26. The number of carboxylic acids is 1. The molecule has 1 aromatic rings. The van der Waals surface area contributed by atoms with Gasteiger partial charge in [-0.15, -0.1) is 0 Å². The lowest BCUT2D eigenvalue weighted by molar-refractivity contribution is -0.148. The summed E-state index contributed by atoms with van der Waals surface area (Å²) >= 11 is 0. The van der Waals surface area contributed by atoms with E-state index in [1.807, 2.05) is 12.1 Å². The molecule has 0 bridgehead atoms. The van der Waals surface area contributed by atoms with Gasteiger partial charge in [-0.25, -0.2) is 0 Å². The van der Waals surface area contributed by atoms with E-state index >= 15 is 0 Å². The molecule has 0 amide bonds. The maximum absolute atomic E-state index is 11.4. The Hall–Kier alpha value is -1.55. The third kappa shape index (κ3) is 1.46. The van der Waals surface area contributed by atoms with Crippen molar-refractivity contribution in [1.29, 1.82) is 0 Å². The molecule has 0 radical (unpaired) electrons. The Morgan fingerprint density at radius 3 is 2.62 bits per heavy atom. The van der Waals surface area contributed by atoms with E-state index in [0.29, 0.717) is 18.6 Å². The van der Waals surface area contributed by atoms with Crippen molar-refractivity contribution in [2.75, 3.05) is 7.11 Å². The Balaban J connectivity index is 2.44. The van der Waals surface area contributed by atoms with Gasteiger partial charge in [-0.05, 0) is 18.9 Å². The number of benzene rings is 1. The van der Waals surface area contributed by atoms with Crippen molar-refractivity contribution in [3.8, 4) is 5.75 Å². The number of para-hydroxylation sites is 1. The van der Waals surface area contributed by atoms with Gasteiger partial charge in [0, 0.05) is 11.6 Å². The van der Waals surface area contributed by atoms with Crippen LogP contribution < -0.4 is 10.5 Å². The molecule has 0 aromatic heterocycles. The molecular formula is C12H15NO3. The summed E-state index contributed by atoms with van der Waals surface area (Å²) in [5, 5.41) is 9.36. The highest BCUT2D eigenvalue weighted by Crippen LogP contribution is 2.46. The van der Waals surface area contributed by atoms with Crippen molar-refractivity contribution in [2.24, 2.45) is 5.73 Å². The van der Waals surface area contributed by atoms with Gasteiger partial charge in [0.25, 0.3) is 0 Å². The highest BCUT2D eigenvalue weighted by molar-refractivity contribution is 5.84. The average Bonchev–Trinajstić information content (AvgIpc) is 2.24. The van der Waals surface area contributed by atoms with Crippen LogP contribution in [0.3, 0.4) is 0 Å². The predicted octanol–water partition coefficient (Wildman–Crippen LogP) is 1.14. The van der Waals surface area contributed by atoms with Crippen LogP contribution in [0.25, 0.3) is 0 Å². The molecule has 1 aliphatic rings. The first-order chi connectivity index (χ1) is 7.60. The van der Waals surface area contributed by atoms with E-state index in [1.54, 1.807) is 19.2 Å². The highest BCUT2D eigenvalue weighted by atomic mass is 16.5. The smallest absolute Gasteiger partial charge is 0.314 e. The molecule has 0 saturated heterocycles. The Labute approximate surface area is 94.0 Å². The van der Waals surface area contributed by atoms with Gasteiger partial charge in [-0.1, -0.05) is 18.2 Å². The summed E-state index contributed by atoms with van der Waals surface area (Å²) in [6, 6.07) is 7.21. The van der Waals surface area contributed by atoms with Crippen LogP contribution in [-0.4, -0.2) is 24.2 Å². The summed E-state index contributed by atoms with van der Waals surface area (Å²) in [4.78, 5) is 11.4. The lowest BCUT2D eigenvalue weighted by atomic mass is 9.61. The summed E-state index contributed by atoms with van der Waals surface area (Å²) < 4.78 is 5.21. The number of carboxylic acid groups (broad SMARTS) is 1. The number of rotatable bonds is 3. The van der Waals surface area contributed by atoms with Gasteiger partial charge >= 0.3 is 5.97 Å². The third-order valence-electron chi connectivity index (χ3n) is 3.25. The second-order valence-electron chi connectivity index (χ2n) is 4.26. The Morgan fingerprint density at radius 2 is 2.12 bits per heavy atom. The van der Waals surface area contributed by atoms with Crippen molar-refractivity contribution in [2.45, 2.75) is 24.3 Å². The normalized spacial score (nSPS) is 28.2. The lowest BCUT2D eigenvalue weighted by Crippen LogP contribution is -2.54. The summed E-state index contributed by atoms with van der Waals surface area (Å²) in [5.74, 6) is -0.199. The third-order valence-corrected chi connectivity index (χ3v) is 3.25. The van der Waals surface area contributed by atoms with Crippen LogP contribution in [0, 0.1) is 0 Å². The van der Waals surface area contributed by atoms with Crippen LogP contribution in [0.2, 0.25) is 0 Å². The molecule has 1 saturated carbocycles. The molecule has 0 unspecified atom stereocenters. The van der Waals surface area contributed by atoms with E-state index in [-0.39, 0.29) is 6.04 Å². The number of ether oxygens (including phenoxy) is 1. The lowest BCUT2D eigenvalue weighted by Gasteiger charge is -2.43. The zero-order chi connectivity index (χ0) is 11.8. The fraction of sp³-hybridized carbons (Fsp3) is 0.417. The average molecular weight is 221 g/mol. The first-order valence-corrected chi connectivity index (χ1v) is 5.22. The standard InChI is InChI=1S/C12H15NO3/c1-16-10-5-3-2-4-9(10)12(11(14)15)6-8(13)7-12/h2-5,8H,6-7,13H2,1H3,(H,14,15). The first-order valence-electron chi connectivity index (χ1n) is 5.22. The number of methoxy groups -OCH3 is 1. The van der Waals surface area contributed by atoms with E-state index < -0.39 is 11.4 Å². The molecule has 4 nitrogen and oxygen atoms in total. The first kappa shape index (κ1) is 11.0. The minimum Gasteiger partial charge on any atom is -0.496 e. The molecule has 0 spiro atoms. The highest BCUT2D eigenvalue weighted by Gasteiger charge is 2.51. The maximum atomic E-state index is 11.4. The van der Waals surface area contributed by atoms with E-state index in [0.717, 1.165) is 5.56 Å². The summed E-state index contributed by atoms with van der Waals surface area (Å²) in [7, 11) is 1.55. The van der Waals surface area contributed by atoms with Crippen LogP contribution in [0.1, 0.15) is 18.4 Å². The van der Waals surface area contributed by atoms with Gasteiger partial charge in [-0.3, -0.25) is 4.79 Å². The van der Waals surface area contributed by atoms with Crippen molar-refractivity contribution in [3.05, 3.63) is 29.8 Å². The molecule has 1 aliphatic carbocycles. The minimum atomic E-state index is -0.855. The Morgan fingerprint density at radius 1 is 1.50 bits per heavy atom. The van der Waals surface area contributed by atoms with Crippen LogP contribution in [0.15, 0.2) is 24.3 Å². The molecule has 4 heteroatoms. The SMILES string of the molecule is COc1ccccc1C1(C(=O)O)CC(N)C1. The molecule has 1 fully saturated rings. The zero-order valence-electron chi connectivity index (χ0n) is 9.14. The van der Waals surface area contributed by atoms with Crippen LogP contribution in [0.5, 0.6) is 5.75 Å². The van der Waals surface area contributed by atoms with Gasteiger partial charge in [0.2, 0.25) is 0 Å². The molecule has 16 heavy (non-hydrogen) atoms. The van der Waals surface area contributed by atoms with Gasteiger partial charge < -0.3 is 15.6 Å². The maximum Gasteiger partial charge on any atom is 0.314 e. The number of aliphatic carboxylic acids is 1. The predicted molar refractivity (Wildman–Crippen MR) is 59.5 cm³/mol. The molecule has 86 valence electrons. The Bertz CT molecular complexity index is 410. The van der Waals surface area contributed by atoms with Crippen molar-refractivity contribution >= 4 is 5.97 Å². The summed E-state index contributed by atoms with van der Waals surface area (Å²) in [6.07, 6.45) is 0.950. The molecule has 3 N–H and O–H groups in total. The van der Waals surface area contributed by atoms with Crippen molar-refractivity contribution in [1.82, 2.24) is 0 Å². The van der Waals surface area contributed by atoms with Crippen LogP contribution in [-0.2, 0) is 10.2 Å². The van der Waals surface area contributed by atoms with Crippen molar-refractivity contribution < 1.29 is 14.6 Å². The molecule has 0 atom stereocenters. The fourth-order valence-corrected chi connectivity index (χ4v) is 2.39. The van der Waals surface area contributed by atoms with Crippen LogP contribution in [0.4, 0.5) is 0 Å². The molecule has 2 rings (SSSR count). The number of carbonyl (C=O) groups is 1.